The first-order valence-electron chi connectivity index (χ1n) is 9.78. The number of primary amides is 1. The number of ether oxygens (including phenoxy) is 1. The van der Waals surface area contributed by atoms with E-state index in [4.69, 9.17) is 10.5 Å². The van der Waals surface area contributed by atoms with Gasteiger partial charge in [-0.05, 0) is 38.0 Å². The number of aromatic hydroxyl groups is 2. The van der Waals surface area contributed by atoms with Crippen molar-refractivity contribution in [2.75, 3.05) is 14.1 Å². The number of carbonyl (C=O) groups excluding carboxylic acids is 3. The number of phenols is 2. The van der Waals surface area contributed by atoms with E-state index < -0.39 is 58.9 Å². The van der Waals surface area contributed by atoms with Gasteiger partial charge in [-0.2, -0.15) is 0 Å². The molecule has 0 radical (unpaired) electrons. The van der Waals surface area contributed by atoms with Gasteiger partial charge in [-0.25, -0.2) is 4.79 Å². The number of nitrogens with two attached hydrogens (primary N) is 1. The molecule has 1 heterocycles. The van der Waals surface area contributed by atoms with Gasteiger partial charge in [0, 0.05) is 5.56 Å². The van der Waals surface area contributed by atoms with E-state index >= 15 is 0 Å². The van der Waals surface area contributed by atoms with Crippen LogP contribution in [-0.2, 0) is 14.3 Å². The van der Waals surface area contributed by atoms with Gasteiger partial charge < -0.3 is 30.9 Å². The highest BCUT2D eigenvalue weighted by Gasteiger charge is 2.54. The van der Waals surface area contributed by atoms with Crippen LogP contribution in [0.2, 0.25) is 0 Å². The number of cyclic esters (lactones) is 1. The summed E-state index contributed by atoms with van der Waals surface area (Å²) in [6.45, 7) is 1.65. The highest BCUT2D eigenvalue weighted by atomic mass is 16.6. The molecule has 6 N–H and O–H groups in total. The zero-order valence-electron chi connectivity index (χ0n) is 17.5. The molecule has 0 spiro atoms. The molecule has 1 aliphatic carbocycles. The zero-order chi connectivity index (χ0) is 23.6. The van der Waals surface area contributed by atoms with Crippen LogP contribution in [0.1, 0.15) is 27.6 Å². The van der Waals surface area contributed by atoms with Crippen LogP contribution in [0, 0.1) is 12.8 Å². The molecule has 4 rings (SSSR count). The lowest BCUT2D eigenvalue weighted by Gasteiger charge is -2.40. The number of likely N-dealkylation sites (N-methyl/N-ethyl adjacent to an activating group) is 1. The number of nitrogens with zero attached hydrogens (tertiary/aromatic N) is 1. The minimum atomic E-state index is -1.83. The number of carbonyl (C=O) groups is 3. The minimum absolute atomic E-state index is 0.0736. The van der Waals surface area contributed by atoms with Crippen LogP contribution < -0.4 is 5.73 Å². The van der Waals surface area contributed by atoms with Crippen LogP contribution in [0.25, 0.3) is 10.8 Å². The summed E-state index contributed by atoms with van der Waals surface area (Å²) >= 11 is 0. The van der Waals surface area contributed by atoms with Gasteiger partial charge in [0.1, 0.15) is 40.6 Å². The molecule has 1 amide bonds. The molecule has 10 nitrogen and oxygen atoms in total. The van der Waals surface area contributed by atoms with Crippen LogP contribution in [0.15, 0.2) is 29.5 Å². The molecule has 0 bridgehead atoms. The number of benzene rings is 2. The Morgan fingerprint density at radius 1 is 1.16 bits per heavy atom. The SMILES string of the molecule is Cc1c2c(c(O)c3c(O)cccc13)C(=O)OC2C1[C@H](O)C(=O)C(C(N)=O)=C(O)[C@H]1N(C)C. The van der Waals surface area contributed by atoms with Crippen molar-refractivity contribution < 1.29 is 39.5 Å². The van der Waals surface area contributed by atoms with Crippen molar-refractivity contribution in [3.63, 3.8) is 0 Å². The van der Waals surface area contributed by atoms with E-state index in [-0.39, 0.29) is 22.3 Å². The van der Waals surface area contributed by atoms with E-state index in [2.05, 4.69) is 0 Å². The highest BCUT2D eigenvalue weighted by Crippen LogP contribution is 2.51. The maximum atomic E-state index is 12.8. The molecule has 168 valence electrons. The predicted octanol–water partition coefficient (Wildman–Crippen LogP) is 0.558. The summed E-state index contributed by atoms with van der Waals surface area (Å²) < 4.78 is 5.52. The second-order valence-electron chi connectivity index (χ2n) is 8.21. The number of hydrogen-bond acceptors (Lipinski definition) is 9. The van der Waals surface area contributed by atoms with Gasteiger partial charge in [-0.3, -0.25) is 14.5 Å². The summed E-state index contributed by atoms with van der Waals surface area (Å²) in [6, 6.07) is 3.47. The van der Waals surface area contributed by atoms with E-state index in [1.807, 2.05) is 0 Å². The average molecular weight is 442 g/mol. The summed E-state index contributed by atoms with van der Waals surface area (Å²) in [5.74, 6) is -5.73. The largest absolute Gasteiger partial charge is 0.510 e. The summed E-state index contributed by atoms with van der Waals surface area (Å²) in [5.41, 5.74) is 5.05. The van der Waals surface area contributed by atoms with Gasteiger partial charge in [0.05, 0.1) is 17.3 Å². The molecule has 2 aliphatic rings. The van der Waals surface area contributed by atoms with Crippen molar-refractivity contribution in [3.8, 4) is 11.5 Å². The third-order valence-corrected chi connectivity index (χ3v) is 6.25. The number of aryl methyl sites for hydroxylation is 1. The van der Waals surface area contributed by atoms with Crippen LogP contribution in [0.5, 0.6) is 11.5 Å². The van der Waals surface area contributed by atoms with Gasteiger partial charge in [-0.15, -0.1) is 0 Å². The van der Waals surface area contributed by atoms with E-state index in [1.54, 1.807) is 33.2 Å². The standard InChI is InChI=1S/C22H22N2O8/c1-7-8-5-4-6-9(25)11(8)16(26)12-10(7)20(32-22(12)31)13-15(24(2)3)17(27)14(21(23)30)19(29)18(13)28/h4-6,13,15,18,20,25-28H,1-3H3,(H2,23,30)/t13?,15-,18-,20?/m0/s1. The van der Waals surface area contributed by atoms with E-state index in [0.717, 1.165) is 0 Å². The van der Waals surface area contributed by atoms with Crippen LogP contribution in [-0.4, -0.2) is 69.2 Å². The number of ketones is 1. The molecule has 10 heteroatoms. The number of aliphatic hydroxyl groups is 2. The molecule has 32 heavy (non-hydrogen) atoms. The molecular formula is C22H22N2O8. The molecule has 0 saturated carbocycles. The fourth-order valence-electron chi connectivity index (χ4n) is 4.87. The predicted molar refractivity (Wildman–Crippen MR) is 111 cm³/mol. The topological polar surface area (TPSA) is 171 Å². The smallest absolute Gasteiger partial charge is 0.343 e. The Morgan fingerprint density at radius 2 is 1.81 bits per heavy atom. The number of fused-ring (bicyclic) bond motifs is 2. The monoisotopic (exact) mass is 442 g/mol. The molecule has 0 aromatic heterocycles. The van der Waals surface area contributed by atoms with Crippen LogP contribution in [0.4, 0.5) is 0 Å². The van der Waals surface area contributed by atoms with E-state index in [9.17, 15) is 34.8 Å². The average Bonchev–Trinajstić information content (AvgIpc) is 3.05. The Morgan fingerprint density at radius 3 is 2.41 bits per heavy atom. The van der Waals surface area contributed by atoms with Gasteiger partial charge >= 0.3 is 5.97 Å². The fourth-order valence-corrected chi connectivity index (χ4v) is 4.87. The van der Waals surface area contributed by atoms with Crippen molar-refractivity contribution in [2.45, 2.75) is 25.2 Å². The van der Waals surface area contributed by atoms with Crippen molar-refractivity contribution in [3.05, 3.63) is 46.2 Å². The number of aliphatic hydroxyl groups excluding tert-OH is 2. The van der Waals surface area contributed by atoms with Crippen molar-refractivity contribution >= 4 is 28.4 Å². The molecule has 2 unspecified atom stereocenters. The Balaban J connectivity index is 1.99. The zero-order valence-corrected chi connectivity index (χ0v) is 17.5. The molecule has 4 atom stereocenters. The van der Waals surface area contributed by atoms with Gasteiger partial charge in [0.2, 0.25) is 5.78 Å². The van der Waals surface area contributed by atoms with E-state index in [1.165, 1.54) is 11.0 Å². The molecule has 2 aromatic rings. The number of esters is 1. The Hall–Kier alpha value is -3.63. The second-order valence-corrected chi connectivity index (χ2v) is 8.21. The summed E-state index contributed by atoms with van der Waals surface area (Å²) in [7, 11) is 3.10. The van der Waals surface area contributed by atoms with Gasteiger partial charge in [0.15, 0.2) is 0 Å². The number of amides is 1. The van der Waals surface area contributed by atoms with Crippen LogP contribution >= 0.6 is 0 Å². The lowest BCUT2D eigenvalue weighted by molar-refractivity contribution is -0.136. The fraction of sp³-hybridized carbons (Fsp3) is 0.318. The first kappa shape index (κ1) is 21.6. The van der Waals surface area contributed by atoms with Crippen molar-refractivity contribution in [1.82, 2.24) is 4.90 Å². The number of phenolic OH excluding ortho intramolecular Hbond substituents is 2. The highest BCUT2D eigenvalue weighted by molar-refractivity contribution is 6.21. The summed E-state index contributed by atoms with van der Waals surface area (Å²) in [5, 5.41) is 43.1. The maximum Gasteiger partial charge on any atom is 0.343 e. The minimum Gasteiger partial charge on any atom is -0.510 e. The number of rotatable bonds is 3. The quantitative estimate of drug-likeness (QED) is 0.336. The van der Waals surface area contributed by atoms with Gasteiger partial charge in [0.25, 0.3) is 5.91 Å². The number of Topliss-reactive ketones (excluding diaryl/α,β-unsaturated/α-hetero) is 1. The van der Waals surface area contributed by atoms with Gasteiger partial charge in [-0.1, -0.05) is 12.1 Å². The third-order valence-electron chi connectivity index (χ3n) is 6.25. The van der Waals surface area contributed by atoms with Crippen molar-refractivity contribution in [1.29, 1.82) is 0 Å². The molecule has 0 saturated heterocycles. The second kappa shape index (κ2) is 7.21. The lowest BCUT2D eigenvalue weighted by atomic mass is 9.74. The molecule has 1 aliphatic heterocycles. The van der Waals surface area contributed by atoms with E-state index in [0.29, 0.717) is 10.9 Å². The molecule has 0 fully saturated rings. The third kappa shape index (κ3) is 2.76. The normalized spacial score (nSPS) is 25.4. The Bertz CT molecular complexity index is 1230. The molecular weight excluding hydrogens is 420 g/mol. The molecule has 2 aromatic carbocycles. The number of hydrogen-bond donors (Lipinski definition) is 5. The lowest BCUT2D eigenvalue weighted by Crippen LogP contribution is -2.54. The maximum absolute atomic E-state index is 12.8. The summed E-state index contributed by atoms with van der Waals surface area (Å²) in [4.78, 5) is 38.7. The first-order valence-corrected chi connectivity index (χ1v) is 9.78. The van der Waals surface area contributed by atoms with Crippen LogP contribution in [0.3, 0.4) is 0 Å². The summed E-state index contributed by atoms with van der Waals surface area (Å²) in [6.07, 6.45) is -3.07. The first-order chi connectivity index (χ1) is 15.0. The van der Waals surface area contributed by atoms with Crippen molar-refractivity contribution in [2.24, 2.45) is 11.7 Å². The Labute approximate surface area is 182 Å². The Kier molecular flexibility index (Phi) is 4.87.